The van der Waals surface area contributed by atoms with Crippen LogP contribution in [0.15, 0.2) is 58.4 Å². The zero-order valence-corrected chi connectivity index (χ0v) is 23.9. The van der Waals surface area contributed by atoms with Crippen LogP contribution in [0.25, 0.3) is 0 Å². The molecule has 1 aromatic heterocycles. The number of fused-ring (bicyclic) bond motifs is 4. The second kappa shape index (κ2) is 11.3. The normalized spacial score (nSPS) is 21.0. The van der Waals surface area contributed by atoms with Crippen molar-refractivity contribution in [2.24, 2.45) is 5.92 Å². The largest absolute Gasteiger partial charge is 0.511 e. The lowest BCUT2D eigenvalue weighted by atomic mass is 9.90. The van der Waals surface area contributed by atoms with Gasteiger partial charge in [0.05, 0.1) is 12.6 Å². The van der Waals surface area contributed by atoms with Crippen LogP contribution in [-0.2, 0) is 15.2 Å². The van der Waals surface area contributed by atoms with Crippen molar-refractivity contribution in [3.8, 4) is 5.75 Å². The SMILES string of the molecule is CCOC(=O)OCOc1c2n(ccc1=O)N([C@@H]1c3ccccc3SCc3c1ccc(F)c3F)[C@@H]1CC[C@@H](C)CN1C2=O. The van der Waals surface area contributed by atoms with E-state index in [-0.39, 0.29) is 35.3 Å². The van der Waals surface area contributed by atoms with Crippen molar-refractivity contribution in [3.63, 3.8) is 0 Å². The molecule has 3 aromatic rings. The van der Waals surface area contributed by atoms with Crippen LogP contribution >= 0.6 is 11.8 Å². The van der Waals surface area contributed by atoms with Gasteiger partial charge in [-0.05, 0) is 48.9 Å². The van der Waals surface area contributed by atoms with Gasteiger partial charge >= 0.3 is 6.16 Å². The number of carbonyl (C=O) groups is 2. The minimum absolute atomic E-state index is 0.0428. The summed E-state index contributed by atoms with van der Waals surface area (Å²) in [6.45, 7) is 3.55. The minimum Gasteiger partial charge on any atom is -0.451 e. The van der Waals surface area contributed by atoms with Crippen LogP contribution in [0.5, 0.6) is 5.75 Å². The maximum absolute atomic E-state index is 15.4. The summed E-state index contributed by atoms with van der Waals surface area (Å²) in [5, 5.41) is 1.96. The van der Waals surface area contributed by atoms with Crippen LogP contribution in [0.1, 0.15) is 59.9 Å². The van der Waals surface area contributed by atoms with Crippen LogP contribution in [0, 0.1) is 17.6 Å². The molecule has 0 radical (unpaired) electrons. The zero-order chi connectivity index (χ0) is 29.5. The minimum atomic E-state index is -0.973. The van der Waals surface area contributed by atoms with E-state index in [1.165, 1.54) is 24.0 Å². The van der Waals surface area contributed by atoms with E-state index in [4.69, 9.17) is 14.2 Å². The highest BCUT2D eigenvalue weighted by atomic mass is 32.2. The van der Waals surface area contributed by atoms with E-state index in [1.54, 1.807) is 22.6 Å². The number of ether oxygens (including phenoxy) is 3. The van der Waals surface area contributed by atoms with Crippen molar-refractivity contribution in [1.29, 1.82) is 0 Å². The molecule has 4 heterocycles. The van der Waals surface area contributed by atoms with Gasteiger partial charge in [0.25, 0.3) is 5.91 Å². The molecule has 1 fully saturated rings. The lowest BCUT2D eigenvalue weighted by Crippen LogP contribution is -2.64. The molecule has 6 rings (SSSR count). The Morgan fingerprint density at radius 3 is 2.67 bits per heavy atom. The van der Waals surface area contributed by atoms with Gasteiger partial charge in [-0.1, -0.05) is 31.2 Å². The molecule has 0 unspecified atom stereocenters. The summed E-state index contributed by atoms with van der Waals surface area (Å²) in [6.07, 6.45) is 1.54. The number of nitrogens with zero attached hydrogens (tertiary/aromatic N) is 3. The van der Waals surface area contributed by atoms with Crippen LogP contribution < -0.4 is 15.2 Å². The molecule has 1 amide bonds. The molecule has 3 aliphatic heterocycles. The first kappa shape index (κ1) is 28.1. The number of pyridine rings is 1. The number of aromatic nitrogens is 1. The summed E-state index contributed by atoms with van der Waals surface area (Å²) in [5.41, 5.74) is 1.06. The molecule has 0 saturated carbocycles. The van der Waals surface area contributed by atoms with Gasteiger partial charge in [0.1, 0.15) is 6.17 Å². The second-order valence-corrected chi connectivity index (χ2v) is 11.5. The van der Waals surface area contributed by atoms with Gasteiger partial charge in [-0.25, -0.2) is 13.6 Å². The van der Waals surface area contributed by atoms with E-state index >= 15 is 4.39 Å². The first-order valence-electron chi connectivity index (χ1n) is 13.8. The van der Waals surface area contributed by atoms with Gasteiger partial charge in [0.2, 0.25) is 18.0 Å². The van der Waals surface area contributed by atoms with E-state index in [0.717, 1.165) is 22.9 Å². The van der Waals surface area contributed by atoms with Gasteiger partial charge in [-0.15, -0.1) is 11.8 Å². The Balaban J connectivity index is 1.55. The molecule has 0 spiro atoms. The summed E-state index contributed by atoms with van der Waals surface area (Å²) in [4.78, 5) is 41.5. The van der Waals surface area contributed by atoms with E-state index in [2.05, 4.69) is 6.92 Å². The van der Waals surface area contributed by atoms with Crippen LogP contribution in [0.2, 0.25) is 0 Å². The maximum atomic E-state index is 15.4. The average molecular weight is 598 g/mol. The zero-order valence-electron chi connectivity index (χ0n) is 23.0. The third-order valence-electron chi connectivity index (χ3n) is 7.86. The van der Waals surface area contributed by atoms with Crippen molar-refractivity contribution in [3.05, 3.63) is 92.9 Å². The van der Waals surface area contributed by atoms with Crippen molar-refractivity contribution in [2.45, 2.75) is 49.5 Å². The fourth-order valence-corrected chi connectivity index (χ4v) is 7.11. The maximum Gasteiger partial charge on any atom is 0.511 e. The number of rotatable bonds is 5. The number of halogens is 2. The molecule has 0 aliphatic carbocycles. The fraction of sp³-hybridized carbons (Fsp3) is 0.367. The van der Waals surface area contributed by atoms with Crippen molar-refractivity contribution < 1.29 is 32.6 Å². The predicted octanol–water partition coefficient (Wildman–Crippen LogP) is 5.18. The third-order valence-corrected chi connectivity index (χ3v) is 8.97. The fourth-order valence-electron chi connectivity index (χ4n) is 5.99. The highest BCUT2D eigenvalue weighted by Crippen LogP contribution is 2.46. The third kappa shape index (κ3) is 4.77. The summed E-state index contributed by atoms with van der Waals surface area (Å²) < 4.78 is 46.7. The van der Waals surface area contributed by atoms with E-state index in [1.807, 2.05) is 29.3 Å². The standard InChI is InChI=1S/C30H29F2N3O6S/c1-3-39-30(38)41-16-40-28-22(36)12-13-34-27(28)29(37)33-14-17(2)8-11-24(33)35(34)26-18-9-10-21(31)25(32)20(18)15-42-23-7-5-4-6-19(23)26/h4-7,9-10,12-13,17,24,26H,3,8,11,14-16H2,1-2H3/t17-,24-,26+/m1/s1. The Kier molecular flexibility index (Phi) is 7.56. The molecule has 0 N–H and O–H groups in total. The Morgan fingerprint density at radius 1 is 1.05 bits per heavy atom. The Labute approximate surface area is 244 Å². The number of thioether (sulfide) groups is 1. The Bertz CT molecular complexity index is 1610. The van der Waals surface area contributed by atoms with E-state index in [9.17, 15) is 18.8 Å². The number of benzene rings is 2. The van der Waals surface area contributed by atoms with Gasteiger partial charge in [-0.2, -0.15) is 0 Å². The summed E-state index contributed by atoms with van der Waals surface area (Å²) >= 11 is 1.42. The average Bonchev–Trinajstić information content (AvgIpc) is 3.14. The summed E-state index contributed by atoms with van der Waals surface area (Å²) in [5.74, 6) is -2.10. The van der Waals surface area contributed by atoms with Gasteiger partial charge < -0.3 is 19.1 Å². The Hall–Kier alpha value is -4.06. The molecule has 9 nitrogen and oxygen atoms in total. The molecule has 1 saturated heterocycles. The molecule has 3 atom stereocenters. The molecule has 220 valence electrons. The van der Waals surface area contributed by atoms with Crippen LogP contribution in [0.3, 0.4) is 0 Å². The molecule has 42 heavy (non-hydrogen) atoms. The number of amides is 1. The molecule has 12 heteroatoms. The van der Waals surface area contributed by atoms with Crippen molar-refractivity contribution in [1.82, 2.24) is 9.58 Å². The lowest BCUT2D eigenvalue weighted by molar-refractivity contribution is 0.00467. The first-order chi connectivity index (χ1) is 20.3. The highest BCUT2D eigenvalue weighted by molar-refractivity contribution is 7.98. The number of piperidine rings is 1. The number of hydrogen-bond donors (Lipinski definition) is 0. The number of hydrogen-bond acceptors (Lipinski definition) is 8. The quantitative estimate of drug-likeness (QED) is 0.294. The molecule has 0 bridgehead atoms. The Morgan fingerprint density at radius 2 is 1.86 bits per heavy atom. The van der Waals surface area contributed by atoms with Gasteiger partial charge in [0, 0.05) is 35.0 Å². The van der Waals surface area contributed by atoms with Gasteiger partial charge in [-0.3, -0.25) is 19.3 Å². The molecule has 2 aromatic carbocycles. The smallest absolute Gasteiger partial charge is 0.451 e. The highest BCUT2D eigenvalue weighted by Gasteiger charge is 2.47. The summed E-state index contributed by atoms with van der Waals surface area (Å²) in [7, 11) is 0. The number of carbonyl (C=O) groups excluding carboxylic acids is 2. The summed E-state index contributed by atoms with van der Waals surface area (Å²) in [6, 6.07) is 11.0. The van der Waals surface area contributed by atoms with Crippen LogP contribution in [-0.4, -0.2) is 47.7 Å². The molecular weight excluding hydrogens is 568 g/mol. The van der Waals surface area contributed by atoms with Gasteiger partial charge in [0.15, 0.2) is 17.3 Å². The lowest BCUT2D eigenvalue weighted by Gasteiger charge is -2.53. The molecular formula is C30H29F2N3O6S. The second-order valence-electron chi connectivity index (χ2n) is 10.5. The molecule has 3 aliphatic rings. The van der Waals surface area contributed by atoms with E-state index in [0.29, 0.717) is 18.5 Å². The topological polar surface area (TPSA) is 90.3 Å². The van der Waals surface area contributed by atoms with E-state index < -0.39 is 48.1 Å². The predicted molar refractivity (Wildman–Crippen MR) is 150 cm³/mol. The van der Waals surface area contributed by atoms with Crippen molar-refractivity contribution >= 4 is 23.8 Å². The van der Waals surface area contributed by atoms with Crippen LogP contribution in [0.4, 0.5) is 13.6 Å². The first-order valence-corrected chi connectivity index (χ1v) is 14.7. The van der Waals surface area contributed by atoms with Crippen molar-refractivity contribution in [2.75, 3.05) is 25.0 Å². The monoisotopic (exact) mass is 597 g/mol.